The number of aliphatic hydroxyl groups is 2. The molecule has 4 N–H and O–H groups in total. The largest absolute Gasteiger partial charge is 0.462 e. The smallest absolute Gasteiger partial charge is 0.331 e. The van der Waals surface area contributed by atoms with E-state index >= 15 is 0 Å². The Bertz CT molecular complexity index is 1450. The molecule has 0 bridgehead atoms. The fourth-order valence-corrected chi connectivity index (χ4v) is 10.0. The van der Waals surface area contributed by atoms with Gasteiger partial charge in [0.25, 0.3) is 0 Å². The van der Waals surface area contributed by atoms with Crippen LogP contribution in [0.3, 0.4) is 0 Å². The maximum atomic E-state index is 13.5. The summed E-state index contributed by atoms with van der Waals surface area (Å²) in [5, 5.41) is 22.2. The molecule has 6 rings (SSSR count). The first-order valence-corrected chi connectivity index (χ1v) is 18.0. The molecule has 8 unspecified atom stereocenters. The minimum Gasteiger partial charge on any atom is -0.462 e. The number of aromatic nitrogens is 4. The number of carbonyl (C=O) groups is 1. The minimum atomic E-state index is -2.52. The van der Waals surface area contributed by atoms with Crippen molar-refractivity contribution in [3.8, 4) is 5.75 Å². The van der Waals surface area contributed by atoms with Crippen LogP contribution in [0, 0.1) is 11.8 Å². The number of nitrogens with zero attached hydrogens (tertiary/aromatic N) is 4. The van der Waals surface area contributed by atoms with E-state index in [0.717, 1.165) is 32.1 Å². The molecule has 45 heavy (non-hydrogen) atoms. The average Bonchev–Trinajstić information content (AvgIpc) is 3.32. The Kier molecular flexibility index (Phi) is 9.59. The van der Waals surface area contributed by atoms with E-state index in [2.05, 4.69) is 28.8 Å². The Morgan fingerprint density at radius 2 is 1.84 bits per heavy atom. The Morgan fingerprint density at radius 1 is 1.09 bits per heavy atom. The summed E-state index contributed by atoms with van der Waals surface area (Å²) in [6.07, 6.45) is 5.12. The van der Waals surface area contributed by atoms with Crippen LogP contribution in [0.4, 0.5) is 5.82 Å². The summed E-state index contributed by atoms with van der Waals surface area (Å²) in [6, 6.07) is 9.54. The van der Waals surface area contributed by atoms with Crippen LogP contribution >= 0.6 is 7.72 Å². The van der Waals surface area contributed by atoms with Gasteiger partial charge in [0.05, 0.1) is 12.2 Å². The molecule has 1 aromatic carbocycles. The number of benzene rings is 1. The van der Waals surface area contributed by atoms with Gasteiger partial charge >= 0.3 is 13.7 Å². The first-order valence-electron chi connectivity index (χ1n) is 16.1. The summed E-state index contributed by atoms with van der Waals surface area (Å²) < 4.78 is 27.2. The number of para-hydroxylation sites is 1. The van der Waals surface area contributed by atoms with Crippen LogP contribution in [0.1, 0.15) is 71.9 Å². The number of fused-ring (bicyclic) bond motifs is 1. The second-order valence-corrected chi connectivity index (χ2v) is 16.0. The molecular formula is C32H45N5O7P+. The molecule has 0 amide bonds. The van der Waals surface area contributed by atoms with Crippen molar-refractivity contribution in [3.63, 3.8) is 0 Å². The second kappa shape index (κ2) is 13.5. The number of hydrogen-bond donors (Lipinski definition) is 3. The van der Waals surface area contributed by atoms with Gasteiger partial charge in [0.1, 0.15) is 42.4 Å². The molecule has 12 nitrogen and oxygen atoms in total. The van der Waals surface area contributed by atoms with Gasteiger partial charge in [0.2, 0.25) is 0 Å². The first kappa shape index (κ1) is 32.1. The molecule has 0 spiro atoms. The summed E-state index contributed by atoms with van der Waals surface area (Å²) in [7, 11) is -2.52. The van der Waals surface area contributed by atoms with Gasteiger partial charge in [-0.15, -0.1) is 0 Å². The molecule has 2 aromatic heterocycles. The number of aliphatic hydroxyl groups excluding tert-OH is 2. The maximum absolute atomic E-state index is 13.5. The van der Waals surface area contributed by atoms with E-state index in [1.807, 2.05) is 37.3 Å². The molecule has 8 atom stereocenters. The molecule has 3 aromatic rings. The number of nitrogen functional groups attached to an aromatic ring is 1. The van der Waals surface area contributed by atoms with Gasteiger partial charge in [-0.1, -0.05) is 38.5 Å². The fourth-order valence-electron chi connectivity index (χ4n) is 6.73. The normalized spacial score (nSPS) is 30.0. The van der Waals surface area contributed by atoms with E-state index in [4.69, 9.17) is 24.3 Å². The number of esters is 1. The molecule has 0 radical (unpaired) electrons. The lowest BCUT2D eigenvalue weighted by Gasteiger charge is -2.25. The molecule has 2 saturated heterocycles. The predicted molar refractivity (Wildman–Crippen MR) is 169 cm³/mol. The third-order valence-electron chi connectivity index (χ3n) is 9.12. The summed E-state index contributed by atoms with van der Waals surface area (Å²) >= 11 is 0. The highest BCUT2D eigenvalue weighted by atomic mass is 31.2. The van der Waals surface area contributed by atoms with Crippen LogP contribution in [0.15, 0.2) is 43.0 Å². The molecule has 3 aliphatic rings. The van der Waals surface area contributed by atoms with Crippen LogP contribution in [-0.2, 0) is 18.8 Å². The van der Waals surface area contributed by atoms with Crippen molar-refractivity contribution in [2.24, 2.45) is 11.8 Å². The lowest BCUT2D eigenvalue weighted by molar-refractivity contribution is -0.156. The average molecular weight is 643 g/mol. The highest BCUT2D eigenvalue weighted by Crippen LogP contribution is 2.81. The number of nitrogens with two attached hydrogens (primary N) is 1. The number of carbonyl (C=O) groups excluding carboxylic acids is 1. The van der Waals surface area contributed by atoms with Crippen LogP contribution < -0.4 is 10.3 Å². The van der Waals surface area contributed by atoms with E-state index in [1.165, 1.54) is 19.1 Å². The Balaban J connectivity index is 1.18. The number of ether oxygens (including phenoxy) is 2. The zero-order valence-corrected chi connectivity index (χ0v) is 27.0. The fraction of sp³-hybridized carbons (Fsp3) is 0.625. The minimum absolute atomic E-state index is 0.00686. The highest BCUT2D eigenvalue weighted by Gasteiger charge is 2.72. The number of rotatable bonds is 12. The van der Waals surface area contributed by atoms with E-state index in [0.29, 0.717) is 35.4 Å². The molecule has 244 valence electrons. The van der Waals surface area contributed by atoms with Crippen molar-refractivity contribution in [2.45, 2.75) is 108 Å². The SMILES string of the molecule is CC(C)CC(CC1C[P+]1(Oc1ccccc1)OC(C)C1OC(n2cnc3c(N)ncnc32)C(O)C1O)C(=O)OC1CCCCC1. The van der Waals surface area contributed by atoms with Crippen LogP contribution in [0.5, 0.6) is 5.75 Å². The second-order valence-electron chi connectivity index (χ2n) is 13.1. The third kappa shape index (κ3) is 6.95. The summed E-state index contributed by atoms with van der Waals surface area (Å²) in [5.41, 5.74) is 6.75. The Hall–Kier alpha value is -2.89. The van der Waals surface area contributed by atoms with Gasteiger partial charge in [-0.25, -0.2) is 15.0 Å². The van der Waals surface area contributed by atoms with Crippen molar-refractivity contribution in [3.05, 3.63) is 43.0 Å². The number of anilines is 1. The van der Waals surface area contributed by atoms with Gasteiger partial charge in [-0.2, -0.15) is 4.52 Å². The molecule has 4 heterocycles. The number of imidazole rings is 1. The van der Waals surface area contributed by atoms with Crippen molar-refractivity contribution < 1.29 is 33.5 Å². The Morgan fingerprint density at radius 3 is 2.58 bits per heavy atom. The zero-order chi connectivity index (χ0) is 31.7. The van der Waals surface area contributed by atoms with Crippen molar-refractivity contribution in [1.29, 1.82) is 0 Å². The van der Waals surface area contributed by atoms with E-state index < -0.39 is 38.4 Å². The molecule has 13 heteroatoms. The predicted octanol–water partition coefficient (Wildman–Crippen LogP) is 4.67. The zero-order valence-electron chi connectivity index (χ0n) is 26.1. The lowest BCUT2D eigenvalue weighted by Crippen LogP contribution is -2.38. The summed E-state index contributed by atoms with van der Waals surface area (Å²) in [6.45, 7) is 6.07. The van der Waals surface area contributed by atoms with Crippen LogP contribution in [0.2, 0.25) is 0 Å². The lowest BCUT2D eigenvalue weighted by atomic mass is 9.92. The van der Waals surface area contributed by atoms with E-state index in [1.54, 1.807) is 4.57 Å². The van der Waals surface area contributed by atoms with Gasteiger partial charge in [-0.3, -0.25) is 9.36 Å². The van der Waals surface area contributed by atoms with Crippen molar-refractivity contribution in [1.82, 2.24) is 19.5 Å². The van der Waals surface area contributed by atoms with Gasteiger partial charge in [-0.05, 0) is 57.1 Å². The van der Waals surface area contributed by atoms with Crippen molar-refractivity contribution in [2.75, 3.05) is 11.9 Å². The maximum Gasteiger partial charge on any atom is 0.331 e. The van der Waals surface area contributed by atoms with Gasteiger partial charge in [0.15, 0.2) is 35.3 Å². The first-order chi connectivity index (χ1) is 21.6. The molecule has 2 aliphatic heterocycles. The standard InChI is InChI=1S/C32H45N5O7P/c1-19(2)14-21(32(40)41-22-10-6-4-7-11-22)15-24-16-45(24,44-23-12-8-5-9-13-23)43-20(3)28-26(38)27(39)31(42-28)37-18-36-25-29(33)34-17-35-30(25)37/h5,8-9,12-13,17-22,24,26-28,31,38-39H,4,6-7,10-11,14-16H2,1-3H3,(H2,33,34,35)/q+1. The highest BCUT2D eigenvalue weighted by molar-refractivity contribution is 7.75. The van der Waals surface area contributed by atoms with E-state index in [-0.39, 0.29) is 29.5 Å². The summed E-state index contributed by atoms with van der Waals surface area (Å²) in [5.74, 6) is 0.865. The third-order valence-corrected chi connectivity index (χ3v) is 12.3. The van der Waals surface area contributed by atoms with Crippen molar-refractivity contribution >= 4 is 30.7 Å². The topological polar surface area (TPSA) is 164 Å². The van der Waals surface area contributed by atoms with E-state index in [9.17, 15) is 15.0 Å². The molecular weight excluding hydrogens is 597 g/mol. The van der Waals surface area contributed by atoms with Gasteiger partial charge in [0, 0.05) is 6.42 Å². The quantitative estimate of drug-likeness (QED) is 0.186. The molecule has 3 fully saturated rings. The monoisotopic (exact) mass is 642 g/mol. The van der Waals surface area contributed by atoms with Crippen LogP contribution in [0.25, 0.3) is 11.2 Å². The number of hydrogen-bond acceptors (Lipinski definition) is 11. The molecule has 1 aliphatic carbocycles. The Labute approximate surface area is 264 Å². The van der Waals surface area contributed by atoms with Crippen LogP contribution in [-0.4, -0.2) is 78.0 Å². The summed E-state index contributed by atoms with van der Waals surface area (Å²) in [4.78, 5) is 26.0. The molecule has 1 saturated carbocycles. The van der Waals surface area contributed by atoms with Gasteiger partial charge < -0.3 is 29.9 Å².